The topological polar surface area (TPSA) is 150 Å². The van der Waals surface area contributed by atoms with E-state index >= 15 is 0 Å². The second-order valence-electron chi connectivity index (χ2n) is 9.37. The molecule has 0 saturated carbocycles. The van der Waals surface area contributed by atoms with Crippen molar-refractivity contribution >= 4 is 51.5 Å². The zero-order valence-corrected chi connectivity index (χ0v) is 21.4. The highest BCUT2D eigenvalue weighted by Crippen LogP contribution is 2.61. The smallest absolute Gasteiger partial charge is 0.404 e. The van der Waals surface area contributed by atoms with E-state index in [0.29, 0.717) is 6.54 Å². The molecule has 1 aliphatic carbocycles. The Kier molecular flexibility index (Phi) is 5.68. The van der Waals surface area contributed by atoms with Crippen molar-refractivity contribution in [2.24, 2.45) is 22.6 Å². The number of rotatable bonds is 5. The van der Waals surface area contributed by atoms with Crippen molar-refractivity contribution < 1.29 is 38.1 Å². The van der Waals surface area contributed by atoms with Crippen LogP contribution in [0.5, 0.6) is 0 Å². The van der Waals surface area contributed by atoms with Crippen LogP contribution in [0.1, 0.15) is 6.92 Å². The number of nitrogens with zero attached hydrogens (tertiary/aromatic N) is 3. The Morgan fingerprint density at radius 1 is 1.28 bits per heavy atom. The van der Waals surface area contributed by atoms with Crippen molar-refractivity contribution in [2.45, 2.75) is 30.5 Å². The van der Waals surface area contributed by atoms with E-state index in [1.807, 2.05) is 0 Å². The fourth-order valence-corrected chi connectivity index (χ4v) is 8.69. The summed E-state index contributed by atoms with van der Waals surface area (Å²) in [6.07, 6.45) is -1.02. The minimum absolute atomic E-state index is 0.138. The number of amides is 2. The quantitative estimate of drug-likeness (QED) is 0.454. The number of allylic oxidation sites excluding steroid dienone is 1. The third-order valence-corrected chi connectivity index (χ3v) is 10.2. The van der Waals surface area contributed by atoms with Crippen molar-refractivity contribution in [3.63, 3.8) is 0 Å². The van der Waals surface area contributed by atoms with Crippen molar-refractivity contribution in [1.82, 2.24) is 9.80 Å². The van der Waals surface area contributed by atoms with Crippen molar-refractivity contribution in [3.05, 3.63) is 11.3 Å². The van der Waals surface area contributed by atoms with Gasteiger partial charge in [-0.15, -0.1) is 0 Å². The molecule has 0 bridgehead atoms. The largest absolute Gasteiger partial charge is 0.449 e. The molecule has 2 amide bonds. The maximum absolute atomic E-state index is 14.2. The molecule has 2 N–H and O–H groups in total. The van der Waals surface area contributed by atoms with E-state index in [1.54, 1.807) is 21.6 Å². The number of Topliss-reactive ketones (excluding diaryl/α,β-unsaturated/α-hetero) is 2. The number of primary amides is 1. The molecule has 6 aliphatic rings. The normalized spacial score (nSPS) is 35.8. The number of carbonyl (C=O) groups is 4. The standard InChI is InChI=1S/C22H26N4O8S2/c1-10(27)26-13-7-25-15-14(11(8-32-19(23)30)21(25,31-2)17(13)26)18(29)22(33-4-5-34-22)12(16(15)28)9-36-20-24-3-6-35-20/h11-13,17H,3-9H2,1-2H3,(H2,23,30)/t11-,12?,13+,17+,21-,26?/m1/s1. The van der Waals surface area contributed by atoms with E-state index < -0.39 is 41.3 Å². The predicted molar refractivity (Wildman–Crippen MR) is 128 cm³/mol. The van der Waals surface area contributed by atoms with Crippen molar-refractivity contribution in [3.8, 4) is 0 Å². The van der Waals surface area contributed by atoms with Crippen LogP contribution in [0, 0.1) is 11.8 Å². The summed E-state index contributed by atoms with van der Waals surface area (Å²) < 4.78 is 23.9. The fraction of sp³-hybridized carbons (Fsp3) is 0.682. The van der Waals surface area contributed by atoms with Gasteiger partial charge < -0.3 is 34.5 Å². The number of carbonyl (C=O) groups excluding carboxylic acids is 4. The van der Waals surface area contributed by atoms with Crippen LogP contribution in [0.3, 0.4) is 0 Å². The van der Waals surface area contributed by atoms with Gasteiger partial charge in [-0.3, -0.25) is 19.4 Å². The first-order valence-corrected chi connectivity index (χ1v) is 13.7. The third-order valence-electron chi connectivity index (χ3n) is 7.82. The minimum Gasteiger partial charge on any atom is -0.449 e. The van der Waals surface area contributed by atoms with Gasteiger partial charge in [-0.2, -0.15) is 0 Å². The average molecular weight is 539 g/mol. The number of hydrogen-bond donors (Lipinski definition) is 1. The van der Waals surface area contributed by atoms with Crippen LogP contribution in [0.2, 0.25) is 0 Å². The van der Waals surface area contributed by atoms with Gasteiger partial charge in [-0.1, -0.05) is 23.5 Å². The maximum Gasteiger partial charge on any atom is 0.404 e. The van der Waals surface area contributed by atoms with Crippen molar-refractivity contribution in [1.29, 1.82) is 0 Å². The van der Waals surface area contributed by atoms with Crippen LogP contribution in [0.15, 0.2) is 16.3 Å². The minimum atomic E-state index is -1.77. The molecule has 0 aromatic rings. The lowest BCUT2D eigenvalue weighted by atomic mass is 9.76. The second-order valence-corrected chi connectivity index (χ2v) is 11.7. The summed E-state index contributed by atoms with van der Waals surface area (Å²) in [6.45, 7) is 2.55. The number of ether oxygens (including phenoxy) is 4. The van der Waals surface area contributed by atoms with Crippen LogP contribution in [0.4, 0.5) is 4.79 Å². The molecule has 14 heteroatoms. The molecule has 3 saturated heterocycles. The highest BCUT2D eigenvalue weighted by atomic mass is 32.2. The highest BCUT2D eigenvalue weighted by Gasteiger charge is 2.79. The first-order chi connectivity index (χ1) is 17.3. The molecule has 1 unspecified atom stereocenters. The number of nitrogens with two attached hydrogens (primary N) is 1. The molecule has 0 aromatic carbocycles. The molecule has 12 nitrogen and oxygen atoms in total. The Bertz CT molecular complexity index is 1120. The van der Waals surface area contributed by atoms with E-state index in [2.05, 4.69) is 4.99 Å². The van der Waals surface area contributed by atoms with E-state index in [0.717, 1.165) is 16.7 Å². The second kappa shape index (κ2) is 8.45. The van der Waals surface area contributed by atoms with Gasteiger partial charge in [0.2, 0.25) is 17.5 Å². The molecule has 6 rings (SSSR count). The Hall–Kier alpha value is -2.13. The van der Waals surface area contributed by atoms with E-state index in [4.69, 9.17) is 24.7 Å². The van der Waals surface area contributed by atoms with Gasteiger partial charge in [0.15, 0.2) is 11.5 Å². The lowest BCUT2D eigenvalue weighted by molar-refractivity contribution is -0.197. The Balaban J connectivity index is 1.43. The fourth-order valence-electron chi connectivity index (χ4n) is 6.50. The molecule has 0 aromatic heterocycles. The number of thioether (sulfide) groups is 2. The molecular weight excluding hydrogens is 512 g/mol. The molecule has 5 atom stereocenters. The summed E-state index contributed by atoms with van der Waals surface area (Å²) in [7, 11) is 1.47. The predicted octanol–water partition coefficient (Wildman–Crippen LogP) is -0.430. The molecule has 194 valence electrons. The van der Waals surface area contributed by atoms with Gasteiger partial charge in [0.1, 0.15) is 17.0 Å². The first-order valence-electron chi connectivity index (χ1n) is 11.7. The summed E-state index contributed by atoms with van der Waals surface area (Å²) in [5, 5.41) is 0. The number of fused-ring (bicyclic) bond motifs is 4. The van der Waals surface area contributed by atoms with E-state index in [9.17, 15) is 19.2 Å². The summed E-state index contributed by atoms with van der Waals surface area (Å²) >= 11 is 3.03. The van der Waals surface area contributed by atoms with Gasteiger partial charge >= 0.3 is 6.09 Å². The number of hydrogen-bond acceptors (Lipinski definition) is 12. The summed E-state index contributed by atoms with van der Waals surface area (Å²) in [6, 6.07) is -0.589. The van der Waals surface area contributed by atoms with Gasteiger partial charge in [0.25, 0.3) is 0 Å². The van der Waals surface area contributed by atoms with Gasteiger partial charge in [0, 0.05) is 37.7 Å². The highest BCUT2D eigenvalue weighted by molar-refractivity contribution is 8.39. The van der Waals surface area contributed by atoms with Gasteiger partial charge in [-0.05, 0) is 0 Å². The lowest BCUT2D eigenvalue weighted by Gasteiger charge is -2.41. The zero-order valence-electron chi connectivity index (χ0n) is 19.8. The van der Waals surface area contributed by atoms with E-state index in [1.165, 1.54) is 25.8 Å². The monoisotopic (exact) mass is 538 g/mol. The number of piperazine rings is 1. The number of methoxy groups -OCH3 is 1. The third kappa shape index (κ3) is 3.11. The molecular formula is C22H26N4O8S2. The zero-order chi connectivity index (χ0) is 25.4. The summed E-state index contributed by atoms with van der Waals surface area (Å²) in [5.41, 5.74) is 4.39. The van der Waals surface area contributed by atoms with Gasteiger partial charge in [0.05, 0.1) is 43.3 Å². The molecule has 0 radical (unpaired) electrons. The SMILES string of the molecule is CO[C@@]12[C@H](COC(N)=O)C3=C(C(=O)C(CSC4=NCCS4)C4(OCCO4)C3=O)N1C[C@H]1[C@@H]2N1C(C)=O. The molecule has 1 spiro atoms. The Labute approximate surface area is 215 Å². The van der Waals surface area contributed by atoms with Crippen LogP contribution < -0.4 is 5.73 Å². The van der Waals surface area contributed by atoms with Crippen molar-refractivity contribution in [2.75, 3.05) is 51.5 Å². The van der Waals surface area contributed by atoms with Gasteiger partial charge in [-0.25, -0.2) is 4.79 Å². The molecule has 5 heterocycles. The summed E-state index contributed by atoms with van der Waals surface area (Å²) in [4.78, 5) is 60.2. The first kappa shape index (κ1) is 24.2. The van der Waals surface area contributed by atoms with Crippen LogP contribution >= 0.6 is 23.5 Å². The lowest BCUT2D eigenvalue weighted by Crippen LogP contribution is -2.56. The van der Waals surface area contributed by atoms with Crippen LogP contribution in [-0.4, -0.2) is 113 Å². The summed E-state index contributed by atoms with van der Waals surface area (Å²) in [5.74, 6) is -3.29. The van der Waals surface area contributed by atoms with Crippen LogP contribution in [-0.2, 0) is 33.3 Å². The maximum atomic E-state index is 14.2. The van der Waals surface area contributed by atoms with E-state index in [-0.39, 0.29) is 54.6 Å². The Morgan fingerprint density at radius 2 is 2.03 bits per heavy atom. The molecule has 3 fully saturated rings. The molecule has 36 heavy (non-hydrogen) atoms. The van der Waals surface area contributed by atoms with Crippen LogP contribution in [0.25, 0.3) is 0 Å². The Morgan fingerprint density at radius 3 is 2.64 bits per heavy atom. The average Bonchev–Trinajstić information content (AvgIpc) is 3.32. The molecule has 5 aliphatic heterocycles. The number of aliphatic imine (C=N–C) groups is 1. The number of ketones is 2.